The molecule has 0 aliphatic heterocycles. The summed E-state index contributed by atoms with van der Waals surface area (Å²) in [6, 6.07) is 3.90. The molecule has 6 heteroatoms. The molecule has 0 fully saturated rings. The molecule has 1 atom stereocenters. The molecule has 1 unspecified atom stereocenters. The largest absolute Gasteiger partial charge is 0.479 e. The summed E-state index contributed by atoms with van der Waals surface area (Å²) < 4.78 is 5.58. The molecule has 0 spiro atoms. The van der Waals surface area contributed by atoms with Crippen LogP contribution in [0.2, 0.25) is 0 Å². The van der Waals surface area contributed by atoms with Crippen molar-refractivity contribution in [1.82, 2.24) is 5.32 Å². The van der Waals surface area contributed by atoms with E-state index in [1.807, 2.05) is 6.92 Å². The number of aryl methyl sites for hydroxylation is 1. The van der Waals surface area contributed by atoms with Crippen molar-refractivity contribution in [2.24, 2.45) is 0 Å². The number of benzene rings is 1. The molecule has 2 N–H and O–H groups in total. The Balaban J connectivity index is 2.88. The van der Waals surface area contributed by atoms with Crippen molar-refractivity contribution in [2.45, 2.75) is 13.0 Å². The Labute approximate surface area is 119 Å². The fraction of sp³-hybridized carbons (Fsp3) is 0.231. The van der Waals surface area contributed by atoms with Crippen molar-refractivity contribution >= 4 is 28.0 Å². The third-order valence-corrected chi connectivity index (χ3v) is 3.25. The van der Waals surface area contributed by atoms with Crippen molar-refractivity contribution in [3.05, 3.63) is 46.5 Å². The van der Waals surface area contributed by atoms with Gasteiger partial charge in [-0.05, 0) is 24.1 Å². The zero-order valence-corrected chi connectivity index (χ0v) is 11.9. The van der Waals surface area contributed by atoms with Crippen LogP contribution in [-0.2, 0) is 9.53 Å². The van der Waals surface area contributed by atoms with Crippen LogP contribution in [0.1, 0.15) is 17.2 Å². The molecule has 0 aliphatic rings. The maximum absolute atomic E-state index is 11.4. The summed E-state index contributed by atoms with van der Waals surface area (Å²) in [6.45, 7) is 5.26. The SMILES string of the molecule is C=CCOC(=O)NC(C(=O)O)c1ccc(Br)c(C)c1. The summed E-state index contributed by atoms with van der Waals surface area (Å²) in [5.41, 5.74) is 1.36. The van der Waals surface area contributed by atoms with Crippen molar-refractivity contribution in [3.63, 3.8) is 0 Å². The number of carboxylic acids is 1. The molecule has 5 nitrogen and oxygen atoms in total. The van der Waals surface area contributed by atoms with Crippen LogP contribution in [0.4, 0.5) is 4.79 Å². The Morgan fingerprint density at radius 2 is 2.26 bits per heavy atom. The molecular weight excluding hydrogens is 314 g/mol. The van der Waals surface area contributed by atoms with Crippen LogP contribution in [0.5, 0.6) is 0 Å². The van der Waals surface area contributed by atoms with Gasteiger partial charge >= 0.3 is 12.1 Å². The van der Waals surface area contributed by atoms with Gasteiger partial charge in [-0.2, -0.15) is 0 Å². The van der Waals surface area contributed by atoms with Crippen molar-refractivity contribution < 1.29 is 19.4 Å². The maximum atomic E-state index is 11.4. The zero-order chi connectivity index (χ0) is 14.4. The van der Waals surface area contributed by atoms with Gasteiger partial charge in [0.15, 0.2) is 6.04 Å². The van der Waals surface area contributed by atoms with Crippen LogP contribution < -0.4 is 5.32 Å². The van der Waals surface area contributed by atoms with Crippen LogP contribution in [0, 0.1) is 6.92 Å². The normalized spacial score (nSPS) is 11.5. The number of carbonyl (C=O) groups excluding carboxylic acids is 1. The van der Waals surface area contributed by atoms with Crippen LogP contribution in [0.3, 0.4) is 0 Å². The molecule has 0 aromatic heterocycles. The Morgan fingerprint density at radius 3 is 2.79 bits per heavy atom. The first kappa shape index (κ1) is 15.2. The highest BCUT2D eigenvalue weighted by molar-refractivity contribution is 9.10. The Kier molecular flexibility index (Phi) is 5.57. The molecule has 1 amide bonds. The molecule has 1 rings (SSSR count). The second kappa shape index (κ2) is 6.94. The number of hydrogen-bond acceptors (Lipinski definition) is 3. The van der Waals surface area contributed by atoms with E-state index in [-0.39, 0.29) is 6.61 Å². The van der Waals surface area contributed by atoms with E-state index in [9.17, 15) is 9.59 Å². The quantitative estimate of drug-likeness (QED) is 0.815. The van der Waals surface area contributed by atoms with E-state index in [0.29, 0.717) is 5.56 Å². The van der Waals surface area contributed by atoms with E-state index >= 15 is 0 Å². The van der Waals surface area contributed by atoms with Crippen LogP contribution >= 0.6 is 15.9 Å². The third kappa shape index (κ3) is 4.40. The second-order valence-corrected chi connectivity index (χ2v) is 4.67. The van der Waals surface area contributed by atoms with Gasteiger partial charge in [0, 0.05) is 4.47 Å². The molecule has 1 aromatic rings. The number of rotatable bonds is 5. The molecular formula is C13H14BrNO4. The number of carboxylic acid groups (broad SMARTS) is 1. The lowest BCUT2D eigenvalue weighted by Gasteiger charge is -2.15. The molecule has 0 heterocycles. The van der Waals surface area contributed by atoms with Crippen molar-refractivity contribution in [2.75, 3.05) is 6.61 Å². The zero-order valence-electron chi connectivity index (χ0n) is 10.4. The molecule has 0 aliphatic carbocycles. The summed E-state index contributed by atoms with van der Waals surface area (Å²) in [5.74, 6) is -1.16. The van der Waals surface area contributed by atoms with E-state index in [2.05, 4.69) is 27.8 Å². The lowest BCUT2D eigenvalue weighted by atomic mass is 10.0. The van der Waals surface area contributed by atoms with Crippen molar-refractivity contribution in [1.29, 1.82) is 0 Å². The molecule has 0 saturated carbocycles. The van der Waals surface area contributed by atoms with Crippen LogP contribution in [0.25, 0.3) is 0 Å². The summed E-state index contributed by atoms with van der Waals surface area (Å²) >= 11 is 3.33. The highest BCUT2D eigenvalue weighted by atomic mass is 79.9. The fourth-order valence-electron chi connectivity index (χ4n) is 1.43. The van der Waals surface area contributed by atoms with Gasteiger partial charge in [0.25, 0.3) is 0 Å². The van der Waals surface area contributed by atoms with E-state index in [1.165, 1.54) is 6.08 Å². The second-order valence-electron chi connectivity index (χ2n) is 3.81. The minimum atomic E-state index is -1.16. The highest BCUT2D eigenvalue weighted by Crippen LogP contribution is 2.21. The topological polar surface area (TPSA) is 75.6 Å². The summed E-state index contributed by atoms with van der Waals surface area (Å²) in [7, 11) is 0. The van der Waals surface area contributed by atoms with Gasteiger partial charge in [0.05, 0.1) is 0 Å². The van der Waals surface area contributed by atoms with E-state index in [1.54, 1.807) is 18.2 Å². The smallest absolute Gasteiger partial charge is 0.408 e. The van der Waals surface area contributed by atoms with Gasteiger partial charge in [-0.25, -0.2) is 9.59 Å². The number of alkyl carbamates (subject to hydrolysis) is 1. The Bertz CT molecular complexity index is 501. The van der Waals surface area contributed by atoms with Gasteiger partial charge in [0.1, 0.15) is 6.61 Å². The standard InChI is InChI=1S/C13H14BrNO4/c1-3-6-19-13(18)15-11(12(16)17)9-4-5-10(14)8(2)7-9/h3-5,7,11H,1,6H2,2H3,(H,15,18)(H,16,17). The minimum absolute atomic E-state index is 0.0253. The lowest BCUT2D eigenvalue weighted by molar-refractivity contribution is -0.139. The fourth-order valence-corrected chi connectivity index (χ4v) is 1.68. The first-order chi connectivity index (χ1) is 8.95. The minimum Gasteiger partial charge on any atom is -0.479 e. The Hall–Kier alpha value is -1.82. The highest BCUT2D eigenvalue weighted by Gasteiger charge is 2.23. The Morgan fingerprint density at radius 1 is 1.58 bits per heavy atom. The van der Waals surface area contributed by atoms with Gasteiger partial charge in [-0.1, -0.05) is 40.7 Å². The number of nitrogens with one attached hydrogen (secondary N) is 1. The van der Waals surface area contributed by atoms with E-state index in [0.717, 1.165) is 10.0 Å². The van der Waals surface area contributed by atoms with Gasteiger partial charge in [-0.15, -0.1) is 0 Å². The number of carbonyl (C=O) groups is 2. The lowest BCUT2D eigenvalue weighted by Crippen LogP contribution is -2.34. The molecule has 0 radical (unpaired) electrons. The molecule has 0 saturated heterocycles. The van der Waals surface area contributed by atoms with E-state index in [4.69, 9.17) is 9.84 Å². The van der Waals surface area contributed by atoms with Gasteiger partial charge in [-0.3, -0.25) is 0 Å². The summed E-state index contributed by atoms with van der Waals surface area (Å²) in [6.07, 6.45) is 0.604. The third-order valence-electron chi connectivity index (χ3n) is 2.36. The predicted molar refractivity (Wildman–Crippen MR) is 73.9 cm³/mol. The van der Waals surface area contributed by atoms with Crippen LogP contribution in [0.15, 0.2) is 35.3 Å². The molecule has 19 heavy (non-hydrogen) atoms. The van der Waals surface area contributed by atoms with Gasteiger partial charge < -0.3 is 15.2 Å². The molecule has 102 valence electrons. The predicted octanol–water partition coefficient (Wildman–Crippen LogP) is 2.80. The average Bonchev–Trinajstić information content (AvgIpc) is 2.36. The first-order valence-corrected chi connectivity index (χ1v) is 6.28. The number of halogens is 1. The monoisotopic (exact) mass is 327 g/mol. The number of amides is 1. The first-order valence-electron chi connectivity index (χ1n) is 5.48. The number of ether oxygens (including phenoxy) is 1. The molecule has 0 bridgehead atoms. The number of hydrogen-bond donors (Lipinski definition) is 2. The summed E-state index contributed by atoms with van der Waals surface area (Å²) in [4.78, 5) is 22.6. The number of aliphatic carboxylic acids is 1. The maximum Gasteiger partial charge on any atom is 0.408 e. The van der Waals surface area contributed by atoms with Crippen molar-refractivity contribution in [3.8, 4) is 0 Å². The molecule has 1 aromatic carbocycles. The van der Waals surface area contributed by atoms with Crippen LogP contribution in [-0.4, -0.2) is 23.8 Å². The average molecular weight is 328 g/mol. The van der Waals surface area contributed by atoms with Gasteiger partial charge in [0.2, 0.25) is 0 Å². The van der Waals surface area contributed by atoms with E-state index < -0.39 is 18.1 Å². The summed E-state index contributed by atoms with van der Waals surface area (Å²) in [5, 5.41) is 11.4.